The molecular formula is C8H20O4Si. The summed E-state index contributed by atoms with van der Waals surface area (Å²) in [5, 5.41) is 9.54. The second-order valence-corrected chi connectivity index (χ2v) is 5.49. The first-order valence-corrected chi connectivity index (χ1v) is 6.53. The average Bonchev–Trinajstić information content (AvgIpc) is 2.05. The highest BCUT2D eigenvalue weighted by molar-refractivity contribution is 6.62. The third-order valence-corrected chi connectivity index (χ3v) is 4.64. The first kappa shape index (κ1) is 13.1. The van der Waals surface area contributed by atoms with E-state index in [9.17, 15) is 5.11 Å². The van der Waals surface area contributed by atoms with Gasteiger partial charge in [-0.15, -0.1) is 0 Å². The summed E-state index contributed by atoms with van der Waals surface area (Å²) < 4.78 is 16.2. The van der Waals surface area contributed by atoms with E-state index in [0.29, 0.717) is 19.8 Å². The van der Waals surface area contributed by atoms with Gasteiger partial charge in [0.15, 0.2) is 0 Å². The Bertz CT molecular complexity index is 112. The van der Waals surface area contributed by atoms with Crippen molar-refractivity contribution < 1.29 is 18.4 Å². The molecule has 0 radical (unpaired) electrons. The minimum atomic E-state index is -2.82. The topological polar surface area (TPSA) is 47.9 Å². The molecule has 0 spiro atoms. The highest BCUT2D eigenvalue weighted by Crippen LogP contribution is 2.14. The second-order valence-electron chi connectivity index (χ2n) is 2.58. The Kier molecular flexibility index (Phi) is 6.53. The highest BCUT2D eigenvalue weighted by atomic mass is 28.4. The number of aliphatic hydroxyl groups is 1. The van der Waals surface area contributed by atoms with Gasteiger partial charge in [0.05, 0.1) is 0 Å². The lowest BCUT2D eigenvalue weighted by Crippen LogP contribution is -2.55. The van der Waals surface area contributed by atoms with E-state index in [1.807, 2.05) is 20.8 Å². The van der Waals surface area contributed by atoms with Crippen molar-refractivity contribution >= 4 is 8.80 Å². The molecule has 4 nitrogen and oxygen atoms in total. The molecule has 0 amide bonds. The van der Waals surface area contributed by atoms with E-state index < -0.39 is 14.5 Å². The average molecular weight is 208 g/mol. The van der Waals surface area contributed by atoms with Crippen LogP contribution in [0.3, 0.4) is 0 Å². The molecule has 0 fully saturated rings. The van der Waals surface area contributed by atoms with E-state index in [1.165, 1.54) is 0 Å². The van der Waals surface area contributed by atoms with Crippen LogP contribution in [-0.2, 0) is 13.3 Å². The van der Waals surface area contributed by atoms with Gasteiger partial charge in [-0.25, -0.2) is 0 Å². The second kappa shape index (κ2) is 6.50. The van der Waals surface area contributed by atoms with E-state index in [2.05, 4.69) is 0 Å². The minimum absolute atomic E-state index is 0.497. The predicted molar refractivity (Wildman–Crippen MR) is 52.3 cm³/mol. The number of hydrogen-bond acceptors (Lipinski definition) is 4. The summed E-state index contributed by atoms with van der Waals surface area (Å²) in [6.07, 6.45) is 0. The Morgan fingerprint density at radius 3 is 1.46 bits per heavy atom. The lowest BCUT2D eigenvalue weighted by molar-refractivity contribution is 0.0271. The van der Waals surface area contributed by atoms with Gasteiger partial charge in [0.25, 0.3) is 0 Å². The maximum atomic E-state index is 9.54. The van der Waals surface area contributed by atoms with Crippen LogP contribution >= 0.6 is 0 Å². The van der Waals surface area contributed by atoms with Gasteiger partial charge in [0.2, 0.25) is 0 Å². The van der Waals surface area contributed by atoms with Gasteiger partial charge in [-0.1, -0.05) is 0 Å². The molecule has 0 saturated heterocycles. The molecule has 5 heteroatoms. The third kappa shape index (κ3) is 3.74. The van der Waals surface area contributed by atoms with Crippen molar-refractivity contribution in [3.8, 4) is 0 Å². The van der Waals surface area contributed by atoms with Crippen molar-refractivity contribution in [3.63, 3.8) is 0 Å². The summed E-state index contributed by atoms with van der Waals surface area (Å²) in [6, 6.07) is 0. The fourth-order valence-electron chi connectivity index (χ4n) is 1.09. The van der Waals surface area contributed by atoms with E-state index in [0.717, 1.165) is 0 Å². The molecule has 0 aliphatic carbocycles. The van der Waals surface area contributed by atoms with Crippen molar-refractivity contribution in [1.82, 2.24) is 0 Å². The molecule has 13 heavy (non-hydrogen) atoms. The zero-order valence-electron chi connectivity index (χ0n) is 8.87. The molecule has 0 aromatic heterocycles. The Morgan fingerprint density at radius 2 is 1.31 bits per heavy atom. The molecule has 1 N–H and O–H groups in total. The maximum absolute atomic E-state index is 9.54. The lowest BCUT2D eigenvalue weighted by atomic mass is 10.9. The van der Waals surface area contributed by atoms with Crippen molar-refractivity contribution in [2.24, 2.45) is 0 Å². The zero-order chi connectivity index (χ0) is 10.3. The van der Waals surface area contributed by atoms with E-state index in [1.54, 1.807) is 6.92 Å². The van der Waals surface area contributed by atoms with Gasteiger partial charge < -0.3 is 18.4 Å². The highest BCUT2D eigenvalue weighted by Gasteiger charge is 2.46. The molecule has 0 aliphatic heterocycles. The van der Waals surface area contributed by atoms with Gasteiger partial charge in [-0.05, 0) is 27.7 Å². The van der Waals surface area contributed by atoms with E-state index >= 15 is 0 Å². The van der Waals surface area contributed by atoms with Gasteiger partial charge in [0.1, 0.15) is 5.73 Å². The Labute approximate surface area is 81.2 Å². The number of aliphatic hydroxyl groups excluding tert-OH is 1. The van der Waals surface area contributed by atoms with Crippen LogP contribution in [0.1, 0.15) is 27.7 Å². The van der Waals surface area contributed by atoms with Gasteiger partial charge in [-0.3, -0.25) is 0 Å². The molecule has 1 unspecified atom stereocenters. The van der Waals surface area contributed by atoms with Gasteiger partial charge in [-0.2, -0.15) is 0 Å². The molecule has 0 saturated carbocycles. The fraction of sp³-hybridized carbons (Fsp3) is 1.00. The number of hydrogen-bond donors (Lipinski definition) is 1. The Morgan fingerprint density at radius 1 is 1.00 bits per heavy atom. The zero-order valence-corrected chi connectivity index (χ0v) is 9.87. The van der Waals surface area contributed by atoms with Crippen LogP contribution in [-0.4, -0.2) is 39.5 Å². The van der Waals surface area contributed by atoms with Crippen LogP contribution in [0.2, 0.25) is 0 Å². The number of rotatable bonds is 7. The predicted octanol–water partition coefficient (Wildman–Crippen LogP) is 0.955. The molecule has 80 valence electrons. The summed E-state index contributed by atoms with van der Waals surface area (Å²) in [6.45, 7) is 8.73. The minimum Gasteiger partial charge on any atom is -0.389 e. The van der Waals surface area contributed by atoms with Crippen molar-refractivity contribution in [3.05, 3.63) is 0 Å². The third-order valence-electron chi connectivity index (χ3n) is 1.55. The first-order valence-electron chi connectivity index (χ1n) is 4.72. The van der Waals surface area contributed by atoms with Crippen LogP contribution in [0.15, 0.2) is 0 Å². The smallest absolute Gasteiger partial charge is 0.389 e. The molecule has 0 aliphatic rings. The molecule has 1 atom stereocenters. The van der Waals surface area contributed by atoms with Crippen LogP contribution < -0.4 is 0 Å². The first-order chi connectivity index (χ1) is 6.13. The molecule has 0 rings (SSSR count). The summed E-state index contributed by atoms with van der Waals surface area (Å²) in [7, 11) is -2.82. The van der Waals surface area contributed by atoms with E-state index in [-0.39, 0.29) is 0 Å². The van der Waals surface area contributed by atoms with Crippen LogP contribution in [0, 0.1) is 0 Å². The van der Waals surface area contributed by atoms with Crippen molar-refractivity contribution in [2.75, 3.05) is 19.8 Å². The standard InChI is InChI=1S/C8H20O4Si/c1-5-10-13(8(4)9,11-6-2)12-7-3/h8-9H,5-7H2,1-4H3. The molecule has 0 heterocycles. The van der Waals surface area contributed by atoms with Gasteiger partial charge >= 0.3 is 8.80 Å². The fourth-order valence-corrected chi connectivity index (χ4v) is 3.27. The van der Waals surface area contributed by atoms with Gasteiger partial charge in [0, 0.05) is 19.8 Å². The SMILES string of the molecule is CCO[Si](OCC)(OCC)C(C)O. The quantitative estimate of drug-likeness (QED) is 0.633. The summed E-state index contributed by atoms with van der Waals surface area (Å²) in [4.78, 5) is 0. The summed E-state index contributed by atoms with van der Waals surface area (Å²) in [5.74, 6) is 0. The summed E-state index contributed by atoms with van der Waals surface area (Å²) >= 11 is 0. The molecule has 0 bridgehead atoms. The molecule has 0 aromatic rings. The van der Waals surface area contributed by atoms with Crippen LogP contribution in [0.5, 0.6) is 0 Å². The summed E-state index contributed by atoms with van der Waals surface area (Å²) in [5.41, 5.74) is -0.674. The molecular weight excluding hydrogens is 188 g/mol. The van der Waals surface area contributed by atoms with Crippen molar-refractivity contribution in [2.45, 2.75) is 33.4 Å². The molecule has 0 aromatic carbocycles. The van der Waals surface area contributed by atoms with Crippen LogP contribution in [0.4, 0.5) is 0 Å². The normalized spacial score (nSPS) is 14.5. The van der Waals surface area contributed by atoms with E-state index in [4.69, 9.17) is 13.3 Å². The Hall–Kier alpha value is 0.0569. The lowest BCUT2D eigenvalue weighted by Gasteiger charge is -2.30. The Balaban J connectivity index is 4.38. The largest absolute Gasteiger partial charge is 0.530 e. The van der Waals surface area contributed by atoms with Crippen molar-refractivity contribution in [1.29, 1.82) is 0 Å². The van der Waals surface area contributed by atoms with Crippen LogP contribution in [0.25, 0.3) is 0 Å². The maximum Gasteiger partial charge on any atom is 0.530 e. The monoisotopic (exact) mass is 208 g/mol.